The molecule has 0 bridgehead atoms. The van der Waals surface area contributed by atoms with Crippen molar-refractivity contribution in [3.05, 3.63) is 34.6 Å². The molecule has 0 amide bonds. The zero-order valence-electron chi connectivity index (χ0n) is 5.93. The molecule has 0 fully saturated rings. The molecule has 0 saturated heterocycles. The van der Waals surface area contributed by atoms with Gasteiger partial charge in [-0.3, -0.25) is 15.0 Å². The van der Waals surface area contributed by atoms with Gasteiger partial charge < -0.3 is 0 Å². The van der Waals surface area contributed by atoms with E-state index in [4.69, 9.17) is 4.84 Å². The first-order valence-corrected chi connectivity index (χ1v) is 2.94. The van der Waals surface area contributed by atoms with E-state index in [9.17, 15) is 10.1 Å². The number of hydrogen-bond acceptors (Lipinski definition) is 3. The minimum absolute atomic E-state index is 0.0540. The maximum absolute atomic E-state index is 10.2. The molecule has 0 aliphatic carbocycles. The lowest BCUT2D eigenvalue weighted by Gasteiger charge is -1.89. The van der Waals surface area contributed by atoms with Crippen LogP contribution in [0.1, 0.15) is 0 Å². The largest absolute Gasteiger partial charge is 0.281 e. The van der Waals surface area contributed by atoms with Gasteiger partial charge in [0.1, 0.15) is 7.11 Å². The van der Waals surface area contributed by atoms with E-state index in [0.29, 0.717) is 0 Å². The molecule has 1 heterocycles. The van der Waals surface area contributed by atoms with E-state index in [-0.39, 0.29) is 5.69 Å². The van der Waals surface area contributed by atoms with Crippen molar-refractivity contribution in [1.29, 1.82) is 0 Å². The summed E-state index contributed by atoms with van der Waals surface area (Å²) in [6, 6.07) is 2.73. The smallest absolute Gasteiger partial charge is 0.275 e. The molecule has 1 rings (SSSR count). The molecule has 0 aliphatic rings. The van der Waals surface area contributed by atoms with Crippen molar-refractivity contribution in [2.75, 3.05) is 7.11 Å². The van der Waals surface area contributed by atoms with Crippen molar-refractivity contribution in [3.63, 3.8) is 0 Å². The number of pyridine rings is 1. The van der Waals surface area contributed by atoms with Crippen molar-refractivity contribution < 1.29 is 14.5 Å². The number of nitro groups is 1. The summed E-state index contributed by atoms with van der Waals surface area (Å²) in [5, 5.41) is 10.2. The molecule has 5 nitrogen and oxygen atoms in total. The average molecular weight is 155 g/mol. The fourth-order valence-electron chi connectivity index (χ4n) is 0.648. The van der Waals surface area contributed by atoms with Gasteiger partial charge in [-0.25, -0.2) is 0 Å². The number of rotatable bonds is 2. The summed E-state index contributed by atoms with van der Waals surface area (Å²) in [4.78, 5) is 14.4. The first kappa shape index (κ1) is 7.46. The quantitative estimate of drug-likeness (QED) is 0.341. The maximum atomic E-state index is 10.2. The lowest BCUT2D eigenvalue weighted by atomic mass is 10.4. The molecule has 0 spiro atoms. The highest BCUT2D eigenvalue weighted by Crippen LogP contribution is 2.04. The van der Waals surface area contributed by atoms with Gasteiger partial charge in [-0.2, -0.15) is 0 Å². The second kappa shape index (κ2) is 2.96. The highest BCUT2D eigenvalue weighted by atomic mass is 16.6. The Morgan fingerprint density at radius 1 is 1.55 bits per heavy atom. The summed E-state index contributed by atoms with van der Waals surface area (Å²) in [5.74, 6) is 0. The Balaban J connectivity index is 2.91. The van der Waals surface area contributed by atoms with Crippen LogP contribution >= 0.6 is 0 Å². The Hall–Kier alpha value is -1.65. The second-order valence-corrected chi connectivity index (χ2v) is 1.86. The summed E-state index contributed by atoms with van der Waals surface area (Å²) in [7, 11) is 1.48. The SMILES string of the molecule is CO[n+]1ccc([N+](=O)[O-])cc1. The van der Waals surface area contributed by atoms with Crippen molar-refractivity contribution in [1.82, 2.24) is 0 Å². The van der Waals surface area contributed by atoms with Crippen LogP contribution in [0.3, 0.4) is 0 Å². The fraction of sp³-hybridized carbons (Fsp3) is 0.167. The molecular formula is C6H7N2O3+. The van der Waals surface area contributed by atoms with Gasteiger partial charge in [0.2, 0.25) is 12.4 Å². The van der Waals surface area contributed by atoms with Crippen LogP contribution < -0.4 is 9.57 Å². The van der Waals surface area contributed by atoms with E-state index in [1.807, 2.05) is 0 Å². The van der Waals surface area contributed by atoms with Gasteiger partial charge in [0.05, 0.1) is 17.1 Å². The fourth-order valence-corrected chi connectivity index (χ4v) is 0.648. The Labute approximate surface area is 62.9 Å². The summed E-state index contributed by atoms with van der Waals surface area (Å²) in [6.45, 7) is 0. The Morgan fingerprint density at radius 2 is 2.09 bits per heavy atom. The lowest BCUT2D eigenvalue weighted by Crippen LogP contribution is -2.39. The van der Waals surface area contributed by atoms with E-state index in [0.717, 1.165) is 0 Å². The minimum Gasteiger partial charge on any atom is -0.275 e. The maximum Gasteiger partial charge on any atom is 0.281 e. The third kappa shape index (κ3) is 1.64. The standard InChI is InChI=1S/C6H7N2O3/c1-11-7-4-2-6(3-5-7)8(9)10/h2-5H,1H3/q+1. The van der Waals surface area contributed by atoms with Crippen LogP contribution in [0.4, 0.5) is 5.69 Å². The van der Waals surface area contributed by atoms with Crippen LogP contribution in [0.2, 0.25) is 0 Å². The predicted molar refractivity (Wildman–Crippen MR) is 35.8 cm³/mol. The van der Waals surface area contributed by atoms with Gasteiger partial charge >= 0.3 is 0 Å². The number of aromatic nitrogens is 1. The van der Waals surface area contributed by atoms with E-state index in [2.05, 4.69) is 0 Å². The summed E-state index contributed by atoms with van der Waals surface area (Å²) < 4.78 is 1.37. The minimum atomic E-state index is -0.458. The molecular weight excluding hydrogens is 148 g/mol. The molecule has 0 radical (unpaired) electrons. The topological polar surface area (TPSA) is 56.2 Å². The molecule has 0 atom stereocenters. The van der Waals surface area contributed by atoms with Gasteiger partial charge in [-0.15, -0.1) is 0 Å². The van der Waals surface area contributed by atoms with E-state index >= 15 is 0 Å². The zero-order valence-corrected chi connectivity index (χ0v) is 5.93. The van der Waals surface area contributed by atoms with E-state index in [1.165, 1.54) is 36.4 Å². The molecule has 0 saturated carbocycles. The summed E-state index contributed by atoms with van der Waals surface area (Å²) in [6.07, 6.45) is 2.94. The van der Waals surface area contributed by atoms with Crippen molar-refractivity contribution in [2.45, 2.75) is 0 Å². The van der Waals surface area contributed by atoms with Crippen LogP contribution in [0.25, 0.3) is 0 Å². The molecule has 0 aromatic carbocycles. The normalized spacial score (nSPS) is 9.18. The second-order valence-electron chi connectivity index (χ2n) is 1.86. The number of hydrogen-bond donors (Lipinski definition) is 0. The first-order chi connectivity index (χ1) is 5.24. The van der Waals surface area contributed by atoms with Crippen molar-refractivity contribution in [3.8, 4) is 0 Å². The first-order valence-electron chi connectivity index (χ1n) is 2.94. The molecule has 58 valence electrons. The van der Waals surface area contributed by atoms with Gasteiger partial charge in [0.15, 0.2) is 0 Å². The lowest BCUT2D eigenvalue weighted by molar-refractivity contribution is -0.885. The Kier molecular flexibility index (Phi) is 2.00. The zero-order chi connectivity index (χ0) is 8.27. The molecule has 5 heteroatoms. The third-order valence-electron chi connectivity index (χ3n) is 1.21. The third-order valence-corrected chi connectivity index (χ3v) is 1.21. The van der Waals surface area contributed by atoms with Crippen LogP contribution in [-0.4, -0.2) is 12.0 Å². The van der Waals surface area contributed by atoms with Gasteiger partial charge in [0.25, 0.3) is 5.69 Å². The van der Waals surface area contributed by atoms with Gasteiger partial charge in [-0.1, -0.05) is 0 Å². The predicted octanol–water partition coefficient (Wildman–Crippen LogP) is -0.0593. The van der Waals surface area contributed by atoms with E-state index < -0.39 is 4.92 Å². The molecule has 0 aliphatic heterocycles. The number of nitrogens with zero attached hydrogens (tertiary/aromatic N) is 2. The highest BCUT2D eigenvalue weighted by molar-refractivity contribution is 5.23. The Bertz CT molecular complexity index is 257. The van der Waals surface area contributed by atoms with E-state index in [1.54, 1.807) is 0 Å². The van der Waals surface area contributed by atoms with Crippen LogP contribution in [0.5, 0.6) is 0 Å². The van der Waals surface area contributed by atoms with Gasteiger partial charge in [0, 0.05) is 4.73 Å². The van der Waals surface area contributed by atoms with Gasteiger partial charge in [-0.05, 0) is 0 Å². The summed E-state index contributed by atoms with van der Waals surface area (Å²) in [5.41, 5.74) is 0.0540. The van der Waals surface area contributed by atoms with Crippen molar-refractivity contribution >= 4 is 5.69 Å². The molecule has 0 N–H and O–H groups in total. The Morgan fingerprint density at radius 3 is 2.45 bits per heavy atom. The molecule has 0 unspecified atom stereocenters. The van der Waals surface area contributed by atoms with Crippen LogP contribution in [0, 0.1) is 10.1 Å². The monoisotopic (exact) mass is 155 g/mol. The van der Waals surface area contributed by atoms with Crippen LogP contribution in [-0.2, 0) is 0 Å². The van der Waals surface area contributed by atoms with Crippen molar-refractivity contribution in [2.24, 2.45) is 0 Å². The highest BCUT2D eigenvalue weighted by Gasteiger charge is 2.07. The molecule has 1 aromatic rings. The summed E-state index contributed by atoms with van der Waals surface area (Å²) >= 11 is 0. The van der Waals surface area contributed by atoms with Crippen LogP contribution in [0.15, 0.2) is 24.5 Å². The molecule has 1 aromatic heterocycles. The molecule has 11 heavy (non-hydrogen) atoms. The average Bonchev–Trinajstić information content (AvgIpc) is 2.05.